The van der Waals surface area contributed by atoms with Gasteiger partial charge in [-0.05, 0) is 48.2 Å². The fourth-order valence-electron chi connectivity index (χ4n) is 3.75. The van der Waals surface area contributed by atoms with E-state index < -0.39 is 0 Å². The Morgan fingerprint density at radius 3 is 2.93 bits per heavy atom. The number of nitrogens with one attached hydrogen (secondary N) is 1. The molecular weight excluding hydrogens is 371 g/mol. The molecule has 2 heterocycles. The van der Waals surface area contributed by atoms with Gasteiger partial charge in [-0.3, -0.25) is 9.89 Å². The molecule has 3 aromatic rings. The largest absolute Gasteiger partial charge is 0.497 e. The van der Waals surface area contributed by atoms with E-state index in [2.05, 4.69) is 15.0 Å². The lowest BCUT2D eigenvalue weighted by Crippen LogP contribution is -2.27. The topological polar surface area (TPSA) is 62.6 Å². The van der Waals surface area contributed by atoms with Crippen LogP contribution in [-0.4, -0.2) is 29.8 Å². The summed E-state index contributed by atoms with van der Waals surface area (Å²) < 4.78 is 18.9. The summed E-state index contributed by atoms with van der Waals surface area (Å²) in [7, 11) is 1.49. The average Bonchev–Trinajstić information content (AvgIpc) is 3.38. The summed E-state index contributed by atoms with van der Waals surface area (Å²) in [5.41, 5.74) is 3.50. The Hall–Kier alpha value is -3.66. The maximum atomic E-state index is 13.8. The van der Waals surface area contributed by atoms with Crippen LogP contribution >= 0.6 is 0 Å². The molecule has 146 valence electrons. The van der Waals surface area contributed by atoms with Crippen molar-refractivity contribution in [2.24, 2.45) is 5.92 Å². The highest BCUT2D eigenvalue weighted by molar-refractivity contribution is 5.98. The molecule has 1 amide bonds. The molecule has 0 aliphatic carbocycles. The third-order valence-corrected chi connectivity index (χ3v) is 5.19. The van der Waals surface area contributed by atoms with Crippen molar-refractivity contribution in [3.8, 4) is 16.9 Å². The molecule has 0 spiro atoms. The number of aromatic amines is 1. The lowest BCUT2D eigenvalue weighted by Gasteiger charge is -2.18. The number of methoxy groups -OCH3 is 1. The second kappa shape index (κ2) is 7.76. The second-order valence-electron chi connectivity index (χ2n) is 6.98. The number of halogens is 1. The van der Waals surface area contributed by atoms with Crippen molar-refractivity contribution in [3.63, 3.8) is 0 Å². The van der Waals surface area contributed by atoms with E-state index in [0.29, 0.717) is 36.5 Å². The Morgan fingerprint density at radius 2 is 2.21 bits per heavy atom. The number of carbonyl (C=O) groups is 1. The van der Waals surface area contributed by atoms with Crippen LogP contribution in [-0.2, 0) is 11.2 Å². The average molecular weight is 390 g/mol. The van der Waals surface area contributed by atoms with Crippen LogP contribution in [0, 0.1) is 18.3 Å². The Kier molecular flexibility index (Phi) is 5.00. The molecule has 4 rings (SSSR count). The zero-order valence-electron chi connectivity index (χ0n) is 15.9. The van der Waals surface area contributed by atoms with E-state index in [1.54, 1.807) is 29.4 Å². The fraction of sp³-hybridized carbons (Fsp3) is 0.227. The molecule has 1 unspecified atom stereocenters. The van der Waals surface area contributed by atoms with Crippen LogP contribution in [0.15, 0.2) is 48.8 Å². The number of aromatic nitrogens is 2. The maximum Gasteiger partial charge on any atom is 0.230 e. The number of hydrogen-bond acceptors (Lipinski definition) is 3. The van der Waals surface area contributed by atoms with Crippen molar-refractivity contribution in [1.82, 2.24) is 10.2 Å². The highest BCUT2D eigenvalue weighted by Gasteiger charge is 2.33. The standard InChI is InChI=1S/C22H19FN4O2/c1-24-21-11-18(3-4-20(21)16-12-25-26-13-16)27-6-5-15(22(27)28)7-14-8-17(23)10-19(9-14)29-2/h3-4,8-13,15H,5-7H2,2H3,(H,25,26). The van der Waals surface area contributed by atoms with E-state index in [-0.39, 0.29) is 17.6 Å². The number of benzene rings is 2. The summed E-state index contributed by atoms with van der Waals surface area (Å²) in [6, 6.07) is 9.94. The molecule has 1 aliphatic heterocycles. The van der Waals surface area contributed by atoms with E-state index in [1.807, 2.05) is 12.1 Å². The first-order valence-electron chi connectivity index (χ1n) is 9.24. The second-order valence-corrected chi connectivity index (χ2v) is 6.98. The van der Waals surface area contributed by atoms with Gasteiger partial charge in [-0.2, -0.15) is 5.10 Å². The lowest BCUT2D eigenvalue weighted by atomic mass is 9.98. The van der Waals surface area contributed by atoms with Gasteiger partial charge >= 0.3 is 0 Å². The summed E-state index contributed by atoms with van der Waals surface area (Å²) in [4.78, 5) is 18.3. The molecule has 0 bridgehead atoms. The summed E-state index contributed by atoms with van der Waals surface area (Å²) >= 11 is 0. The smallest absolute Gasteiger partial charge is 0.230 e. The van der Waals surface area contributed by atoms with Crippen molar-refractivity contribution >= 4 is 17.3 Å². The molecule has 1 aliphatic rings. The molecule has 1 N–H and O–H groups in total. The van der Waals surface area contributed by atoms with Gasteiger partial charge in [0.15, 0.2) is 5.69 Å². The minimum absolute atomic E-state index is 0.0137. The molecular formula is C22H19FN4O2. The first-order chi connectivity index (χ1) is 14.1. The summed E-state index contributed by atoms with van der Waals surface area (Å²) in [5.74, 6) is -0.177. The summed E-state index contributed by atoms with van der Waals surface area (Å²) in [6.45, 7) is 8.06. The van der Waals surface area contributed by atoms with Gasteiger partial charge in [0.2, 0.25) is 5.91 Å². The molecule has 1 fully saturated rings. The van der Waals surface area contributed by atoms with E-state index in [0.717, 1.165) is 16.7 Å². The molecule has 7 heteroatoms. The number of nitrogens with zero attached hydrogens (tertiary/aromatic N) is 3. The Morgan fingerprint density at radius 1 is 1.34 bits per heavy atom. The number of ether oxygens (including phenoxy) is 1. The van der Waals surface area contributed by atoms with Crippen LogP contribution in [0.2, 0.25) is 0 Å². The minimum atomic E-state index is -0.377. The molecule has 1 saturated heterocycles. The van der Waals surface area contributed by atoms with Gasteiger partial charge in [0.25, 0.3) is 0 Å². The van der Waals surface area contributed by atoms with E-state index in [4.69, 9.17) is 11.3 Å². The van der Waals surface area contributed by atoms with E-state index in [9.17, 15) is 9.18 Å². The van der Waals surface area contributed by atoms with Crippen molar-refractivity contribution in [3.05, 3.63) is 71.6 Å². The van der Waals surface area contributed by atoms with Crippen LogP contribution in [0.25, 0.3) is 16.0 Å². The van der Waals surface area contributed by atoms with Crippen LogP contribution in [0.5, 0.6) is 5.75 Å². The number of anilines is 1. The zero-order chi connectivity index (χ0) is 20.4. The van der Waals surface area contributed by atoms with Crippen LogP contribution < -0.4 is 9.64 Å². The zero-order valence-corrected chi connectivity index (χ0v) is 15.9. The Bertz CT molecular complexity index is 1090. The number of H-pyrrole nitrogens is 1. The Balaban J connectivity index is 1.55. The predicted octanol–water partition coefficient (Wildman–Crippen LogP) is 4.37. The van der Waals surface area contributed by atoms with Crippen molar-refractivity contribution < 1.29 is 13.9 Å². The Labute approximate surface area is 167 Å². The van der Waals surface area contributed by atoms with Gasteiger partial charge in [0, 0.05) is 36.0 Å². The van der Waals surface area contributed by atoms with E-state index in [1.165, 1.54) is 19.2 Å². The van der Waals surface area contributed by atoms with Crippen LogP contribution in [0.3, 0.4) is 0 Å². The normalized spacial score (nSPS) is 16.1. The molecule has 6 nitrogen and oxygen atoms in total. The number of rotatable bonds is 5. The van der Waals surface area contributed by atoms with Crippen LogP contribution in [0.1, 0.15) is 12.0 Å². The molecule has 1 atom stereocenters. The van der Waals surface area contributed by atoms with Gasteiger partial charge in [0.05, 0.1) is 19.9 Å². The molecule has 0 radical (unpaired) electrons. The van der Waals surface area contributed by atoms with Crippen molar-refractivity contribution in [2.75, 3.05) is 18.6 Å². The molecule has 0 saturated carbocycles. The molecule has 2 aromatic carbocycles. The summed E-state index contributed by atoms with van der Waals surface area (Å²) in [5, 5.41) is 6.67. The third kappa shape index (κ3) is 3.69. The van der Waals surface area contributed by atoms with Gasteiger partial charge in [-0.25, -0.2) is 9.24 Å². The predicted molar refractivity (Wildman–Crippen MR) is 107 cm³/mol. The minimum Gasteiger partial charge on any atom is -0.497 e. The molecule has 29 heavy (non-hydrogen) atoms. The lowest BCUT2D eigenvalue weighted by molar-refractivity contribution is -0.120. The highest BCUT2D eigenvalue weighted by Crippen LogP contribution is 2.36. The van der Waals surface area contributed by atoms with Gasteiger partial charge in [0.1, 0.15) is 11.6 Å². The number of amides is 1. The van der Waals surface area contributed by atoms with Gasteiger partial charge in [-0.15, -0.1) is 0 Å². The van der Waals surface area contributed by atoms with Crippen molar-refractivity contribution in [1.29, 1.82) is 0 Å². The number of carbonyl (C=O) groups excluding carboxylic acids is 1. The quantitative estimate of drug-likeness (QED) is 0.658. The first kappa shape index (κ1) is 18.7. The van der Waals surface area contributed by atoms with Crippen LogP contribution in [0.4, 0.5) is 15.8 Å². The monoisotopic (exact) mass is 390 g/mol. The SMILES string of the molecule is [C-]#[N+]c1cc(N2CCC(Cc3cc(F)cc(OC)c3)C2=O)ccc1-c1cn[nH]c1. The first-order valence-corrected chi connectivity index (χ1v) is 9.24. The fourth-order valence-corrected chi connectivity index (χ4v) is 3.75. The molecule has 1 aromatic heterocycles. The third-order valence-electron chi connectivity index (χ3n) is 5.19. The maximum absolute atomic E-state index is 13.8. The summed E-state index contributed by atoms with van der Waals surface area (Å²) in [6.07, 6.45) is 4.52. The van der Waals surface area contributed by atoms with Gasteiger partial charge < -0.3 is 9.64 Å². The highest BCUT2D eigenvalue weighted by atomic mass is 19.1. The van der Waals surface area contributed by atoms with E-state index >= 15 is 0 Å². The number of hydrogen-bond donors (Lipinski definition) is 1. The van der Waals surface area contributed by atoms with Crippen molar-refractivity contribution in [2.45, 2.75) is 12.8 Å². The van der Waals surface area contributed by atoms with Gasteiger partial charge in [-0.1, -0.05) is 6.07 Å².